The van der Waals surface area contributed by atoms with E-state index in [1.807, 2.05) is 20.9 Å². The van der Waals surface area contributed by atoms with Crippen molar-refractivity contribution >= 4 is 17.5 Å². The van der Waals surface area contributed by atoms with Gasteiger partial charge in [0.25, 0.3) is 0 Å². The first-order valence-electron chi connectivity index (χ1n) is 6.01. The number of ether oxygens (including phenoxy) is 2. The molecule has 19 heavy (non-hydrogen) atoms. The topological polar surface area (TPSA) is 80.6 Å². The molecule has 0 bridgehead atoms. The van der Waals surface area contributed by atoms with Crippen molar-refractivity contribution in [2.45, 2.75) is 20.0 Å². The smallest absolute Gasteiger partial charge is 0.322 e. The lowest BCUT2D eigenvalue weighted by Gasteiger charge is -2.17. The summed E-state index contributed by atoms with van der Waals surface area (Å²) in [5.74, 6) is 0.420. The van der Waals surface area contributed by atoms with Crippen molar-refractivity contribution in [2.75, 3.05) is 38.3 Å². The molecule has 1 aromatic rings. The molecule has 0 saturated carbocycles. The van der Waals surface area contributed by atoms with Crippen LogP contribution in [0.15, 0.2) is 0 Å². The highest BCUT2D eigenvalue weighted by Gasteiger charge is 2.11. The summed E-state index contributed by atoms with van der Waals surface area (Å²) in [6.07, 6.45) is -0.0375. The number of halogens is 1. The number of likely N-dealkylation sites (N-methyl/N-ethyl adjacent to an activating group) is 1. The van der Waals surface area contributed by atoms with Crippen LogP contribution < -0.4 is 9.64 Å². The Morgan fingerprint density at radius 1 is 1.26 bits per heavy atom. The summed E-state index contributed by atoms with van der Waals surface area (Å²) in [6.45, 7) is 5.11. The molecule has 0 aliphatic rings. The lowest BCUT2D eigenvalue weighted by Crippen LogP contribution is -2.25. The van der Waals surface area contributed by atoms with Crippen LogP contribution in [0.5, 0.6) is 6.01 Å². The summed E-state index contributed by atoms with van der Waals surface area (Å²) in [5, 5.41) is 8.69. The van der Waals surface area contributed by atoms with Crippen molar-refractivity contribution in [3.05, 3.63) is 5.28 Å². The van der Waals surface area contributed by atoms with Gasteiger partial charge in [-0.2, -0.15) is 15.0 Å². The third-order valence-electron chi connectivity index (χ3n) is 2.06. The maximum Gasteiger partial charge on any atom is 0.322 e. The Balaban J connectivity index is 2.62. The molecule has 0 saturated heterocycles. The van der Waals surface area contributed by atoms with Crippen molar-refractivity contribution in [2.24, 2.45) is 0 Å². The minimum atomic E-state index is -0.0375. The molecule has 0 amide bonds. The standard InChI is InChI=1S/C11H19ClN4O3/c1-8(2)19-11-14-9(12)13-10(15-11)16(3)4-6-18-7-5-17/h8,17H,4-7H2,1-3H3. The van der Waals surface area contributed by atoms with Gasteiger partial charge in [-0.25, -0.2) is 0 Å². The zero-order valence-corrected chi connectivity index (χ0v) is 12.1. The molecule has 0 aliphatic heterocycles. The number of rotatable bonds is 8. The van der Waals surface area contributed by atoms with Gasteiger partial charge in [0.1, 0.15) is 0 Å². The van der Waals surface area contributed by atoms with Gasteiger partial charge in [0, 0.05) is 13.6 Å². The first-order chi connectivity index (χ1) is 9.02. The van der Waals surface area contributed by atoms with E-state index in [9.17, 15) is 0 Å². The van der Waals surface area contributed by atoms with Gasteiger partial charge in [0.15, 0.2) is 0 Å². The van der Waals surface area contributed by atoms with Crippen molar-refractivity contribution in [3.8, 4) is 6.01 Å². The predicted octanol–water partition coefficient (Wildman–Crippen LogP) is 0.757. The van der Waals surface area contributed by atoms with Gasteiger partial charge in [-0.3, -0.25) is 0 Å². The van der Waals surface area contributed by atoms with Crippen molar-refractivity contribution < 1.29 is 14.6 Å². The molecule has 0 fully saturated rings. The zero-order chi connectivity index (χ0) is 14.3. The SMILES string of the molecule is CC(C)Oc1nc(Cl)nc(N(C)CCOCCO)n1. The van der Waals surface area contributed by atoms with E-state index in [1.165, 1.54) is 0 Å². The number of aromatic nitrogens is 3. The number of anilines is 1. The Hall–Kier alpha value is -1.18. The van der Waals surface area contributed by atoms with E-state index in [0.29, 0.717) is 25.7 Å². The Morgan fingerprint density at radius 2 is 2.00 bits per heavy atom. The summed E-state index contributed by atoms with van der Waals surface area (Å²) < 4.78 is 10.6. The van der Waals surface area contributed by atoms with Gasteiger partial charge in [-0.05, 0) is 25.4 Å². The number of aliphatic hydroxyl groups excluding tert-OH is 1. The highest BCUT2D eigenvalue weighted by molar-refractivity contribution is 6.28. The van der Waals surface area contributed by atoms with Crippen LogP contribution in [-0.4, -0.2) is 59.6 Å². The Morgan fingerprint density at radius 3 is 2.63 bits per heavy atom. The summed E-state index contributed by atoms with van der Waals surface area (Å²) >= 11 is 5.83. The molecular formula is C11H19ClN4O3. The second-order valence-corrected chi connectivity index (χ2v) is 4.45. The number of aliphatic hydroxyl groups is 1. The predicted molar refractivity (Wildman–Crippen MR) is 71.8 cm³/mol. The second-order valence-electron chi connectivity index (χ2n) is 4.11. The van der Waals surface area contributed by atoms with Gasteiger partial charge >= 0.3 is 6.01 Å². The van der Waals surface area contributed by atoms with Crippen LogP contribution in [0.4, 0.5) is 5.95 Å². The van der Waals surface area contributed by atoms with Crippen molar-refractivity contribution in [3.63, 3.8) is 0 Å². The van der Waals surface area contributed by atoms with E-state index in [0.717, 1.165) is 0 Å². The Kier molecular flexibility index (Phi) is 6.75. The zero-order valence-electron chi connectivity index (χ0n) is 11.3. The Bertz CT molecular complexity index is 392. The van der Waals surface area contributed by atoms with Crippen LogP contribution >= 0.6 is 11.6 Å². The first-order valence-corrected chi connectivity index (χ1v) is 6.38. The van der Waals surface area contributed by atoms with Gasteiger partial charge in [0.2, 0.25) is 11.2 Å². The van der Waals surface area contributed by atoms with E-state index in [-0.39, 0.29) is 24.0 Å². The van der Waals surface area contributed by atoms with E-state index in [4.69, 9.17) is 26.2 Å². The monoisotopic (exact) mass is 290 g/mol. The van der Waals surface area contributed by atoms with Crippen LogP contribution in [0.2, 0.25) is 5.28 Å². The highest BCUT2D eigenvalue weighted by atomic mass is 35.5. The van der Waals surface area contributed by atoms with E-state index in [1.54, 1.807) is 4.90 Å². The van der Waals surface area contributed by atoms with Crippen LogP contribution in [0.25, 0.3) is 0 Å². The molecule has 1 rings (SSSR count). The minimum absolute atomic E-state index is 0.00762. The summed E-state index contributed by atoms with van der Waals surface area (Å²) in [5.41, 5.74) is 0. The van der Waals surface area contributed by atoms with Gasteiger partial charge in [-0.15, -0.1) is 0 Å². The van der Waals surface area contributed by atoms with Crippen LogP contribution in [0.1, 0.15) is 13.8 Å². The van der Waals surface area contributed by atoms with E-state index >= 15 is 0 Å². The molecule has 0 aromatic carbocycles. The second kappa shape index (κ2) is 8.08. The molecular weight excluding hydrogens is 272 g/mol. The largest absolute Gasteiger partial charge is 0.461 e. The van der Waals surface area contributed by atoms with Crippen molar-refractivity contribution in [1.82, 2.24) is 15.0 Å². The fourth-order valence-corrected chi connectivity index (χ4v) is 1.37. The van der Waals surface area contributed by atoms with Crippen LogP contribution in [-0.2, 0) is 4.74 Å². The average Bonchev–Trinajstić information content (AvgIpc) is 2.32. The highest BCUT2D eigenvalue weighted by Crippen LogP contribution is 2.14. The lowest BCUT2D eigenvalue weighted by atomic mass is 10.5. The summed E-state index contributed by atoms with van der Waals surface area (Å²) in [4.78, 5) is 13.9. The Labute approximate surface area is 117 Å². The molecule has 0 atom stereocenters. The van der Waals surface area contributed by atoms with Gasteiger partial charge in [-0.1, -0.05) is 0 Å². The third-order valence-corrected chi connectivity index (χ3v) is 2.23. The molecule has 1 aromatic heterocycles. The molecule has 8 heteroatoms. The fraction of sp³-hybridized carbons (Fsp3) is 0.727. The van der Waals surface area contributed by atoms with Crippen LogP contribution in [0, 0.1) is 0 Å². The maximum atomic E-state index is 8.60. The molecule has 1 N–H and O–H groups in total. The van der Waals surface area contributed by atoms with Gasteiger partial charge in [0.05, 0.1) is 25.9 Å². The number of hydrogen-bond donors (Lipinski definition) is 1. The first kappa shape index (κ1) is 15.9. The summed E-state index contributed by atoms with van der Waals surface area (Å²) in [7, 11) is 1.81. The normalized spacial score (nSPS) is 10.8. The van der Waals surface area contributed by atoms with Crippen LogP contribution in [0.3, 0.4) is 0 Å². The maximum absolute atomic E-state index is 8.60. The average molecular weight is 291 g/mol. The van der Waals surface area contributed by atoms with E-state index < -0.39 is 0 Å². The van der Waals surface area contributed by atoms with Crippen molar-refractivity contribution in [1.29, 1.82) is 0 Å². The fourth-order valence-electron chi connectivity index (χ4n) is 1.22. The molecule has 7 nitrogen and oxygen atoms in total. The molecule has 0 unspecified atom stereocenters. The molecule has 0 aliphatic carbocycles. The summed E-state index contributed by atoms with van der Waals surface area (Å²) in [6, 6.07) is 0.202. The lowest BCUT2D eigenvalue weighted by molar-refractivity contribution is 0.0970. The van der Waals surface area contributed by atoms with E-state index in [2.05, 4.69) is 15.0 Å². The third kappa shape index (κ3) is 6.00. The number of nitrogens with zero attached hydrogens (tertiary/aromatic N) is 4. The molecule has 1 heterocycles. The quantitative estimate of drug-likeness (QED) is 0.708. The molecule has 0 radical (unpaired) electrons. The molecule has 0 spiro atoms. The molecule has 108 valence electrons. The number of hydrogen-bond acceptors (Lipinski definition) is 7. The van der Waals surface area contributed by atoms with Gasteiger partial charge < -0.3 is 19.5 Å². The minimum Gasteiger partial charge on any atom is -0.461 e.